The molecule has 0 radical (unpaired) electrons. The molecule has 2 aromatic carbocycles. The van der Waals surface area contributed by atoms with Gasteiger partial charge in [-0.25, -0.2) is 9.69 Å². The molecule has 2 aliphatic heterocycles. The number of anilines is 2. The van der Waals surface area contributed by atoms with Crippen molar-refractivity contribution >= 4 is 29.2 Å². The fraction of sp³-hybridized carbons (Fsp3) is 0.387. The molecule has 0 unspecified atom stereocenters. The van der Waals surface area contributed by atoms with Crippen molar-refractivity contribution in [3.05, 3.63) is 70.3 Å². The van der Waals surface area contributed by atoms with Gasteiger partial charge in [-0.2, -0.15) is 23.7 Å². The largest absolute Gasteiger partial charge is 0.417 e. The predicted molar refractivity (Wildman–Crippen MR) is 153 cm³/mol. The number of nitrogens with one attached hydrogen (secondary N) is 1. The minimum absolute atomic E-state index is 0.174. The maximum absolute atomic E-state index is 13.4. The molecule has 224 valence electrons. The second kappa shape index (κ2) is 13.5. The van der Waals surface area contributed by atoms with Gasteiger partial charge in [-0.15, -0.1) is 0 Å². The standard InChI is InChI=1S/C31H31F3N6O3/c1-21-26(29(42)40(28(21)41)25-12-9-23(20-36)27(18-25)31(32,33)34)6-4-2-3-5-13-38-14-16-39(17-15-38)30(43)37-24-10-7-22(19-35)8-11-24/h7-12,18H,2-6,13-17H2,1H3,(H,37,43). The Morgan fingerprint density at radius 1 is 0.907 bits per heavy atom. The van der Waals surface area contributed by atoms with Crippen molar-refractivity contribution in [2.45, 2.75) is 45.2 Å². The number of nitriles is 2. The maximum atomic E-state index is 13.4. The first-order valence-corrected chi connectivity index (χ1v) is 14.0. The first-order chi connectivity index (χ1) is 20.5. The van der Waals surface area contributed by atoms with Gasteiger partial charge in [0.2, 0.25) is 0 Å². The Morgan fingerprint density at radius 2 is 1.58 bits per heavy atom. The van der Waals surface area contributed by atoms with Crippen molar-refractivity contribution < 1.29 is 27.6 Å². The van der Waals surface area contributed by atoms with Crippen LogP contribution in [-0.2, 0) is 15.8 Å². The summed E-state index contributed by atoms with van der Waals surface area (Å²) in [5.74, 6) is -1.27. The van der Waals surface area contributed by atoms with E-state index in [1.807, 2.05) is 6.07 Å². The molecule has 0 spiro atoms. The normalized spacial score (nSPS) is 16.0. The lowest BCUT2D eigenvalue weighted by Gasteiger charge is -2.34. The Bertz CT molecular complexity index is 1500. The zero-order chi connectivity index (χ0) is 31.1. The van der Waals surface area contributed by atoms with Crippen molar-refractivity contribution in [2.24, 2.45) is 0 Å². The van der Waals surface area contributed by atoms with Gasteiger partial charge in [0, 0.05) is 43.0 Å². The number of rotatable bonds is 9. The molecule has 1 N–H and O–H groups in total. The van der Waals surface area contributed by atoms with Crippen LogP contribution >= 0.6 is 0 Å². The topological polar surface area (TPSA) is 121 Å². The van der Waals surface area contributed by atoms with E-state index in [2.05, 4.69) is 10.2 Å². The number of carbonyl (C=O) groups is 3. The third kappa shape index (κ3) is 7.40. The van der Waals surface area contributed by atoms with E-state index in [1.54, 1.807) is 29.2 Å². The van der Waals surface area contributed by atoms with Gasteiger partial charge in [0.25, 0.3) is 11.8 Å². The Morgan fingerprint density at radius 3 is 2.21 bits per heavy atom. The fourth-order valence-corrected chi connectivity index (χ4v) is 5.21. The summed E-state index contributed by atoms with van der Waals surface area (Å²) < 4.78 is 40.2. The van der Waals surface area contributed by atoms with Crippen LogP contribution in [0.2, 0.25) is 0 Å². The molecule has 1 fully saturated rings. The molecule has 4 amide bonds. The van der Waals surface area contributed by atoms with Gasteiger partial charge in [0.15, 0.2) is 0 Å². The smallest absolute Gasteiger partial charge is 0.322 e. The predicted octanol–water partition coefficient (Wildman–Crippen LogP) is 5.44. The first-order valence-electron chi connectivity index (χ1n) is 14.0. The molecule has 2 aliphatic rings. The number of benzene rings is 2. The van der Waals surface area contributed by atoms with Crippen LogP contribution in [0.15, 0.2) is 53.6 Å². The van der Waals surface area contributed by atoms with Gasteiger partial charge < -0.3 is 10.2 Å². The highest BCUT2D eigenvalue weighted by atomic mass is 19.4. The van der Waals surface area contributed by atoms with Crippen molar-refractivity contribution in [3.63, 3.8) is 0 Å². The number of nitrogens with zero attached hydrogens (tertiary/aromatic N) is 5. The number of piperazine rings is 1. The van der Waals surface area contributed by atoms with E-state index in [1.165, 1.54) is 19.1 Å². The van der Waals surface area contributed by atoms with Crippen LogP contribution in [0.5, 0.6) is 0 Å². The summed E-state index contributed by atoms with van der Waals surface area (Å²) in [7, 11) is 0. The summed E-state index contributed by atoms with van der Waals surface area (Å²) in [5, 5.41) is 20.8. The Labute approximate surface area is 247 Å². The van der Waals surface area contributed by atoms with Gasteiger partial charge in [-0.3, -0.25) is 14.5 Å². The molecule has 12 heteroatoms. The van der Waals surface area contributed by atoms with Crippen LogP contribution in [0, 0.1) is 22.7 Å². The molecular formula is C31H31F3N6O3. The summed E-state index contributed by atoms with van der Waals surface area (Å²) in [6, 6.07) is 12.9. The van der Waals surface area contributed by atoms with E-state index < -0.39 is 29.1 Å². The summed E-state index contributed by atoms with van der Waals surface area (Å²) in [4.78, 5) is 43.2. The highest BCUT2D eigenvalue weighted by Gasteiger charge is 2.39. The number of hydrogen-bond donors (Lipinski definition) is 1. The first kappa shape index (κ1) is 31.3. The van der Waals surface area contributed by atoms with Crippen molar-refractivity contribution in [1.82, 2.24) is 9.80 Å². The molecule has 0 atom stereocenters. The number of unbranched alkanes of at least 4 members (excludes halogenated alkanes) is 3. The second-order valence-corrected chi connectivity index (χ2v) is 10.5. The highest BCUT2D eigenvalue weighted by Crippen LogP contribution is 2.37. The molecule has 43 heavy (non-hydrogen) atoms. The molecule has 4 rings (SSSR count). The van der Waals surface area contributed by atoms with Gasteiger partial charge in [-0.05, 0) is 75.2 Å². The number of halogens is 3. The molecule has 0 aromatic heterocycles. The van der Waals surface area contributed by atoms with Crippen LogP contribution in [-0.4, -0.2) is 60.4 Å². The van der Waals surface area contributed by atoms with Crippen LogP contribution < -0.4 is 10.2 Å². The van der Waals surface area contributed by atoms with E-state index in [4.69, 9.17) is 10.5 Å². The molecule has 0 aliphatic carbocycles. The van der Waals surface area contributed by atoms with Crippen molar-refractivity contribution in [3.8, 4) is 12.1 Å². The van der Waals surface area contributed by atoms with Gasteiger partial charge >= 0.3 is 12.2 Å². The number of hydrogen-bond acceptors (Lipinski definition) is 6. The number of carbonyl (C=O) groups excluding carboxylic acids is 3. The van der Waals surface area contributed by atoms with Crippen LogP contribution in [0.1, 0.15) is 55.7 Å². The van der Waals surface area contributed by atoms with E-state index in [-0.39, 0.29) is 17.3 Å². The van der Waals surface area contributed by atoms with Crippen molar-refractivity contribution in [1.29, 1.82) is 10.5 Å². The zero-order valence-electron chi connectivity index (χ0n) is 23.7. The SMILES string of the molecule is CC1=C(CCCCCCN2CCN(C(=O)Nc3ccc(C#N)cc3)CC2)C(=O)N(c2ccc(C#N)c(C(F)(F)F)c2)C1=O. The average Bonchev–Trinajstić information content (AvgIpc) is 3.21. The number of urea groups is 1. The Hall–Kier alpha value is -4.68. The van der Waals surface area contributed by atoms with E-state index in [0.717, 1.165) is 49.9 Å². The Kier molecular flexibility index (Phi) is 9.84. The quantitative estimate of drug-likeness (QED) is 0.306. The van der Waals surface area contributed by atoms with E-state index in [0.29, 0.717) is 48.8 Å². The van der Waals surface area contributed by atoms with Gasteiger partial charge in [0.1, 0.15) is 0 Å². The average molecular weight is 593 g/mol. The minimum atomic E-state index is -4.80. The summed E-state index contributed by atoms with van der Waals surface area (Å²) in [6.45, 7) is 5.10. The Balaban J connectivity index is 1.18. The van der Waals surface area contributed by atoms with Gasteiger partial charge in [-0.1, -0.05) is 12.8 Å². The fourth-order valence-electron chi connectivity index (χ4n) is 5.21. The van der Waals surface area contributed by atoms with Crippen LogP contribution in [0.4, 0.5) is 29.3 Å². The molecular weight excluding hydrogens is 561 g/mol. The summed E-state index contributed by atoms with van der Waals surface area (Å²) >= 11 is 0. The monoisotopic (exact) mass is 592 g/mol. The number of alkyl halides is 3. The summed E-state index contributed by atoms with van der Waals surface area (Å²) in [6.07, 6.45) is -1.14. The molecule has 1 saturated heterocycles. The molecule has 0 saturated carbocycles. The van der Waals surface area contributed by atoms with E-state index >= 15 is 0 Å². The van der Waals surface area contributed by atoms with Crippen LogP contribution in [0.3, 0.4) is 0 Å². The molecule has 0 bridgehead atoms. The number of imide groups is 1. The van der Waals surface area contributed by atoms with Crippen molar-refractivity contribution in [2.75, 3.05) is 42.9 Å². The molecule has 2 heterocycles. The third-order valence-corrected chi connectivity index (χ3v) is 7.70. The molecule has 2 aromatic rings. The minimum Gasteiger partial charge on any atom is -0.322 e. The third-order valence-electron chi connectivity index (χ3n) is 7.70. The maximum Gasteiger partial charge on any atom is 0.417 e. The second-order valence-electron chi connectivity index (χ2n) is 10.5. The lowest BCUT2D eigenvalue weighted by atomic mass is 10.0. The zero-order valence-corrected chi connectivity index (χ0v) is 23.7. The van der Waals surface area contributed by atoms with Crippen LogP contribution in [0.25, 0.3) is 0 Å². The molecule has 9 nitrogen and oxygen atoms in total. The lowest BCUT2D eigenvalue weighted by Crippen LogP contribution is -2.50. The van der Waals surface area contributed by atoms with Gasteiger partial charge in [0.05, 0.1) is 34.5 Å². The highest BCUT2D eigenvalue weighted by molar-refractivity contribution is 6.32. The van der Waals surface area contributed by atoms with E-state index in [9.17, 15) is 27.6 Å². The number of amides is 4. The summed E-state index contributed by atoms with van der Waals surface area (Å²) in [5.41, 5.74) is -0.277. The lowest BCUT2D eigenvalue weighted by molar-refractivity contribution is -0.138.